The lowest BCUT2D eigenvalue weighted by Crippen LogP contribution is -1.98. The molecule has 1 nitrogen and oxygen atoms in total. The summed E-state index contributed by atoms with van der Waals surface area (Å²) in [5.74, 6) is -0.330. The minimum Gasteiger partial charge on any atom is -0.207 e. The molecular weight excluding hydrogens is 221 g/mol. The van der Waals surface area contributed by atoms with E-state index in [4.69, 9.17) is 5.26 Å². The molecule has 1 aromatic carbocycles. The molecule has 1 atom stereocenters. The molecule has 1 aromatic rings. The van der Waals surface area contributed by atoms with Crippen molar-refractivity contribution in [2.45, 2.75) is 30.9 Å². The van der Waals surface area contributed by atoms with Gasteiger partial charge in [-0.25, -0.2) is 4.39 Å². The topological polar surface area (TPSA) is 23.8 Å². The van der Waals surface area contributed by atoms with Crippen molar-refractivity contribution >= 4 is 11.8 Å². The summed E-state index contributed by atoms with van der Waals surface area (Å²) in [7, 11) is 0. The van der Waals surface area contributed by atoms with Gasteiger partial charge in [-0.05, 0) is 38.5 Å². The van der Waals surface area contributed by atoms with Crippen LogP contribution in [0, 0.1) is 24.1 Å². The van der Waals surface area contributed by atoms with E-state index < -0.39 is 0 Å². The van der Waals surface area contributed by atoms with Crippen LogP contribution in [0.25, 0.3) is 0 Å². The number of hydrogen-bond donors (Lipinski definition) is 0. The number of nitrogens with zero attached hydrogens (tertiary/aromatic N) is 1. The van der Waals surface area contributed by atoms with Gasteiger partial charge in [0.25, 0.3) is 0 Å². The van der Waals surface area contributed by atoms with Crippen molar-refractivity contribution in [1.29, 1.82) is 5.26 Å². The highest BCUT2D eigenvalue weighted by Crippen LogP contribution is 2.31. The van der Waals surface area contributed by atoms with E-state index in [1.165, 1.54) is 17.8 Å². The van der Waals surface area contributed by atoms with E-state index >= 15 is 0 Å². The number of thioether (sulfide) groups is 1. The maximum atomic E-state index is 13.3. The van der Waals surface area contributed by atoms with E-state index in [1.54, 1.807) is 13.0 Å². The molecule has 0 aliphatic rings. The van der Waals surface area contributed by atoms with Crippen molar-refractivity contribution in [2.75, 3.05) is 0 Å². The maximum absolute atomic E-state index is 13.3. The van der Waals surface area contributed by atoms with Crippen molar-refractivity contribution in [3.05, 3.63) is 41.2 Å². The van der Waals surface area contributed by atoms with Crippen LogP contribution in [0.4, 0.5) is 4.39 Å². The summed E-state index contributed by atoms with van der Waals surface area (Å²) in [4.78, 5) is 0.817. The lowest BCUT2D eigenvalue weighted by atomic mass is 10.1. The molecule has 0 aromatic heterocycles. The first-order valence-corrected chi connectivity index (χ1v) is 5.86. The van der Waals surface area contributed by atoms with Gasteiger partial charge in [0.1, 0.15) is 11.9 Å². The molecule has 0 spiro atoms. The normalized spacial score (nSPS) is 11.9. The standard InChI is InChI=1S/C13H14FNS/c1-8(2)10(4)16-13-5-9(3)12(14)6-11(13)7-15/h5-6,10H,1H2,2-4H3. The highest BCUT2D eigenvalue weighted by atomic mass is 32.2. The Morgan fingerprint density at radius 2 is 2.19 bits per heavy atom. The molecule has 1 unspecified atom stereocenters. The van der Waals surface area contributed by atoms with Crippen LogP contribution < -0.4 is 0 Å². The number of hydrogen-bond acceptors (Lipinski definition) is 2. The molecule has 0 fully saturated rings. The average molecular weight is 235 g/mol. The summed E-state index contributed by atoms with van der Waals surface area (Å²) in [5.41, 5.74) is 1.99. The number of halogens is 1. The fourth-order valence-electron chi connectivity index (χ4n) is 1.13. The van der Waals surface area contributed by atoms with Crippen LogP contribution in [0.1, 0.15) is 25.0 Å². The summed E-state index contributed by atoms with van der Waals surface area (Å²) >= 11 is 1.54. The third-order valence-electron chi connectivity index (χ3n) is 2.38. The molecule has 0 bridgehead atoms. The first-order chi connectivity index (χ1) is 7.45. The van der Waals surface area contributed by atoms with Gasteiger partial charge in [-0.3, -0.25) is 0 Å². The van der Waals surface area contributed by atoms with Crippen LogP contribution in [0.3, 0.4) is 0 Å². The Balaban J connectivity index is 3.09. The first-order valence-electron chi connectivity index (χ1n) is 4.98. The highest BCUT2D eigenvalue weighted by Gasteiger charge is 2.11. The number of aryl methyl sites for hydroxylation is 1. The minimum absolute atomic E-state index is 0.219. The predicted molar refractivity (Wildman–Crippen MR) is 66.0 cm³/mol. The summed E-state index contributed by atoms with van der Waals surface area (Å²) in [6, 6.07) is 5.03. The maximum Gasteiger partial charge on any atom is 0.127 e. The van der Waals surface area contributed by atoms with Crippen molar-refractivity contribution in [3.8, 4) is 6.07 Å². The third kappa shape index (κ3) is 2.86. The second-order valence-corrected chi connectivity index (χ2v) is 5.20. The SMILES string of the molecule is C=C(C)C(C)Sc1cc(C)c(F)cc1C#N. The van der Waals surface area contributed by atoms with Gasteiger partial charge in [-0.1, -0.05) is 12.2 Å². The summed E-state index contributed by atoms with van der Waals surface area (Å²) in [5, 5.41) is 9.15. The molecule has 16 heavy (non-hydrogen) atoms. The van der Waals surface area contributed by atoms with Crippen molar-refractivity contribution in [3.63, 3.8) is 0 Å². The van der Waals surface area contributed by atoms with Crippen LogP contribution in [0.2, 0.25) is 0 Å². The Morgan fingerprint density at radius 3 is 2.69 bits per heavy atom. The Bertz CT molecular complexity index is 460. The zero-order valence-electron chi connectivity index (χ0n) is 9.67. The third-order valence-corrected chi connectivity index (χ3v) is 3.73. The Labute approximate surface area is 100.0 Å². The largest absolute Gasteiger partial charge is 0.207 e. The molecule has 0 heterocycles. The molecule has 0 saturated carbocycles. The molecule has 0 amide bonds. The van der Waals surface area contributed by atoms with Crippen molar-refractivity contribution < 1.29 is 4.39 Å². The Morgan fingerprint density at radius 1 is 1.56 bits per heavy atom. The smallest absolute Gasteiger partial charge is 0.127 e. The monoisotopic (exact) mass is 235 g/mol. The van der Waals surface area contributed by atoms with Crippen LogP contribution in [-0.4, -0.2) is 5.25 Å². The fraction of sp³-hybridized carbons (Fsp3) is 0.308. The average Bonchev–Trinajstić information content (AvgIpc) is 2.22. The van der Waals surface area contributed by atoms with E-state index in [9.17, 15) is 4.39 Å². The molecule has 0 N–H and O–H groups in total. The molecule has 84 valence electrons. The lowest BCUT2D eigenvalue weighted by molar-refractivity contribution is 0.616. The molecule has 1 rings (SSSR count). The van der Waals surface area contributed by atoms with Crippen molar-refractivity contribution in [1.82, 2.24) is 0 Å². The zero-order valence-corrected chi connectivity index (χ0v) is 10.5. The van der Waals surface area contributed by atoms with Gasteiger partial charge in [0, 0.05) is 10.1 Å². The van der Waals surface area contributed by atoms with Gasteiger partial charge in [0.2, 0.25) is 0 Å². The number of rotatable bonds is 3. The highest BCUT2D eigenvalue weighted by molar-refractivity contribution is 8.00. The van der Waals surface area contributed by atoms with Crippen LogP contribution >= 0.6 is 11.8 Å². The molecule has 0 radical (unpaired) electrons. The Hall–Kier alpha value is -1.27. The van der Waals surface area contributed by atoms with Crippen LogP contribution in [0.5, 0.6) is 0 Å². The second kappa shape index (κ2) is 5.18. The van der Waals surface area contributed by atoms with Crippen LogP contribution in [0.15, 0.2) is 29.2 Å². The quantitative estimate of drug-likeness (QED) is 0.582. The van der Waals surface area contributed by atoms with Gasteiger partial charge in [0.15, 0.2) is 0 Å². The fourth-order valence-corrected chi connectivity index (χ4v) is 2.19. The van der Waals surface area contributed by atoms with E-state index in [0.717, 1.165) is 10.5 Å². The lowest BCUT2D eigenvalue weighted by Gasteiger charge is -2.12. The first kappa shape index (κ1) is 12.8. The van der Waals surface area contributed by atoms with Gasteiger partial charge in [0.05, 0.1) is 5.56 Å². The van der Waals surface area contributed by atoms with Gasteiger partial charge >= 0.3 is 0 Å². The number of benzene rings is 1. The zero-order chi connectivity index (χ0) is 12.3. The van der Waals surface area contributed by atoms with E-state index in [2.05, 4.69) is 6.58 Å². The summed E-state index contributed by atoms with van der Waals surface area (Å²) < 4.78 is 13.3. The molecular formula is C13H14FNS. The predicted octanol–water partition coefficient (Wildman–Crippen LogP) is 4.06. The van der Waals surface area contributed by atoms with Gasteiger partial charge in [-0.2, -0.15) is 5.26 Å². The second-order valence-electron chi connectivity index (χ2n) is 3.82. The van der Waals surface area contributed by atoms with Gasteiger partial charge in [-0.15, -0.1) is 11.8 Å². The van der Waals surface area contributed by atoms with Crippen LogP contribution in [-0.2, 0) is 0 Å². The van der Waals surface area contributed by atoms with Crippen molar-refractivity contribution in [2.24, 2.45) is 0 Å². The molecule has 0 aliphatic carbocycles. The van der Waals surface area contributed by atoms with Gasteiger partial charge < -0.3 is 0 Å². The molecule has 3 heteroatoms. The summed E-state index contributed by atoms with van der Waals surface area (Å²) in [6.07, 6.45) is 0. The minimum atomic E-state index is -0.330. The Kier molecular flexibility index (Phi) is 4.14. The van der Waals surface area contributed by atoms with E-state index in [-0.39, 0.29) is 11.1 Å². The van der Waals surface area contributed by atoms with E-state index in [1.807, 2.05) is 19.9 Å². The molecule has 0 saturated heterocycles. The number of nitriles is 1. The van der Waals surface area contributed by atoms with E-state index in [0.29, 0.717) is 11.1 Å². The molecule has 0 aliphatic heterocycles. The summed E-state index contributed by atoms with van der Waals surface area (Å²) in [6.45, 7) is 9.53.